The van der Waals surface area contributed by atoms with E-state index in [0.29, 0.717) is 0 Å². The van der Waals surface area contributed by atoms with E-state index in [1.54, 1.807) is 0 Å². The third kappa shape index (κ3) is 5.67. The molecule has 0 amide bonds. The van der Waals surface area contributed by atoms with Crippen molar-refractivity contribution in [2.24, 2.45) is 0 Å². The summed E-state index contributed by atoms with van der Waals surface area (Å²) >= 11 is -2.47. The van der Waals surface area contributed by atoms with Gasteiger partial charge in [-0.2, -0.15) is 0 Å². The molecule has 0 N–H and O–H groups in total. The van der Waals surface area contributed by atoms with E-state index in [9.17, 15) is 0 Å². The zero-order valence-corrected chi connectivity index (χ0v) is 29.2. The van der Waals surface area contributed by atoms with E-state index < -0.39 is 44.0 Å². The first kappa shape index (κ1) is 31.9. The number of hydrogen-bond acceptors (Lipinski definition) is 4. The van der Waals surface area contributed by atoms with Gasteiger partial charge >= 0.3 is 14.8 Å². The molecule has 6 aromatic rings. The van der Waals surface area contributed by atoms with Gasteiger partial charge < -0.3 is 17.1 Å². The minimum atomic E-state index is -2.47. The Labute approximate surface area is 294 Å². The molecule has 49 heavy (non-hydrogen) atoms. The summed E-state index contributed by atoms with van der Waals surface area (Å²) in [6, 6.07) is 59.3. The van der Waals surface area contributed by atoms with Crippen LogP contribution in [0.5, 0.6) is 0 Å². The van der Waals surface area contributed by atoms with Gasteiger partial charge in [0.25, 0.3) is 0 Å². The Hall–Kier alpha value is -4.31. The molecule has 5 heteroatoms. The molecule has 2 unspecified atom stereocenters. The van der Waals surface area contributed by atoms with Gasteiger partial charge in [-0.1, -0.05) is 176 Å². The molecule has 0 aromatic heterocycles. The van der Waals surface area contributed by atoms with Gasteiger partial charge in [0, 0.05) is 0 Å². The minimum Gasteiger partial charge on any atom is -0.465 e. The van der Waals surface area contributed by atoms with Crippen LogP contribution in [-0.2, 0) is 28.3 Å². The number of ether oxygens (including phenoxy) is 2. The quantitative estimate of drug-likeness (QED) is 0.167. The van der Waals surface area contributed by atoms with E-state index in [4.69, 9.17) is 17.1 Å². The van der Waals surface area contributed by atoms with E-state index in [1.165, 1.54) is 0 Å². The lowest BCUT2D eigenvalue weighted by atomic mass is 9.72. The van der Waals surface area contributed by atoms with Crippen molar-refractivity contribution in [1.82, 2.24) is 0 Å². The Morgan fingerprint density at radius 3 is 1.02 bits per heavy atom. The number of benzene rings is 6. The molecule has 0 radical (unpaired) electrons. The average Bonchev–Trinajstić information content (AvgIpc) is 3.45. The summed E-state index contributed by atoms with van der Waals surface area (Å²) in [6.07, 6.45) is -1.14. The Bertz CT molecular complexity index is 1860. The lowest BCUT2D eigenvalue weighted by Crippen LogP contribution is -2.53. The third-order valence-corrected chi connectivity index (χ3v) is 11.3. The normalized spacial score (nSPS) is 24.6. The summed E-state index contributed by atoms with van der Waals surface area (Å²) in [5.41, 5.74) is 6.59. The van der Waals surface area contributed by atoms with Crippen molar-refractivity contribution in [3.05, 3.63) is 192 Å². The zero-order valence-electron chi connectivity index (χ0n) is 28.0. The molecule has 2 fully saturated rings. The van der Waals surface area contributed by atoms with E-state index in [2.05, 4.69) is 151 Å². The van der Waals surface area contributed by atoms with Gasteiger partial charge in [0.05, 0.1) is 0 Å². The Morgan fingerprint density at radius 2 is 0.673 bits per heavy atom. The Morgan fingerprint density at radius 1 is 0.388 bits per heavy atom. The first-order valence-corrected chi connectivity index (χ1v) is 19.1. The van der Waals surface area contributed by atoms with Crippen LogP contribution in [-0.4, -0.2) is 32.8 Å². The topological polar surface area (TPSA) is 36.9 Å². The summed E-state index contributed by atoms with van der Waals surface area (Å²) in [7, 11) is 0. The van der Waals surface area contributed by atoms with Crippen LogP contribution in [0.3, 0.4) is 0 Å². The van der Waals surface area contributed by atoms with Crippen molar-refractivity contribution in [1.29, 1.82) is 0 Å². The first-order valence-electron chi connectivity index (χ1n) is 17.0. The fourth-order valence-corrected chi connectivity index (χ4v) is 9.66. The van der Waals surface area contributed by atoms with Gasteiger partial charge in [0.15, 0.2) is 5.79 Å². The van der Waals surface area contributed by atoms with Gasteiger partial charge in [-0.3, -0.25) is 0 Å². The lowest BCUT2D eigenvalue weighted by molar-refractivity contribution is -0.177. The molecular weight excluding hydrogens is 619 g/mol. The van der Waals surface area contributed by atoms with E-state index in [-0.39, 0.29) is 0 Å². The van der Waals surface area contributed by atoms with Crippen molar-refractivity contribution < 1.29 is 17.1 Å². The second-order valence-electron chi connectivity index (χ2n) is 13.4. The molecular formula is C44H39AlO4. The van der Waals surface area contributed by atoms with Crippen LogP contribution in [0.2, 0.25) is 5.79 Å². The van der Waals surface area contributed by atoms with Gasteiger partial charge in [-0.05, 0) is 58.4 Å². The molecule has 6 aromatic carbocycles. The summed E-state index contributed by atoms with van der Waals surface area (Å²) in [5, 5.41) is 0. The van der Waals surface area contributed by atoms with Crippen LogP contribution in [0.4, 0.5) is 0 Å². The van der Waals surface area contributed by atoms with Crippen LogP contribution in [0.15, 0.2) is 170 Å². The zero-order chi connectivity index (χ0) is 33.5. The van der Waals surface area contributed by atoms with Gasteiger partial charge in [0.2, 0.25) is 0 Å². The largest absolute Gasteiger partial charge is 0.672 e. The maximum atomic E-state index is 7.43. The fraction of sp³-hybridized carbons (Fsp3) is 0.182. The standard InChI is InChI=1S/C43H36O4.CH3.Al/c1-41(2)46-39(42(44,35-19-11-5-12-20-35)37-27-23-33(24-28-37)31-15-7-3-8-16-31)40(47-41)43(45,36-21-13-6-14-22-36)38-29-25-34(26-30-38)32-17-9-4-10-18-32;;/h3-30,39-40H,1-2H3;1H3;/q-2;;+2/t39-,40-,42?,43?;;/m1../s1. The third-order valence-electron chi connectivity index (χ3n) is 9.85. The average molecular weight is 659 g/mol. The van der Waals surface area contributed by atoms with Crippen LogP contribution in [0.25, 0.3) is 22.3 Å². The molecule has 2 aliphatic heterocycles. The minimum absolute atomic E-state index is 0.570. The second-order valence-corrected chi connectivity index (χ2v) is 15.0. The number of fused-ring (bicyclic) bond motifs is 1. The molecule has 0 saturated carbocycles. The van der Waals surface area contributed by atoms with Gasteiger partial charge in [-0.25, -0.2) is 0 Å². The maximum absolute atomic E-state index is 7.43. The number of rotatable bonds is 6. The molecule has 4 atom stereocenters. The van der Waals surface area contributed by atoms with Gasteiger partial charge in [-0.15, -0.1) is 0 Å². The van der Waals surface area contributed by atoms with Crippen molar-refractivity contribution in [2.45, 2.75) is 48.8 Å². The van der Waals surface area contributed by atoms with Crippen LogP contribution in [0.1, 0.15) is 36.1 Å². The van der Waals surface area contributed by atoms with Crippen LogP contribution >= 0.6 is 0 Å². The predicted octanol–water partition coefficient (Wildman–Crippen LogP) is 9.89. The number of hydrogen-bond donors (Lipinski definition) is 0. The molecule has 2 heterocycles. The lowest BCUT2D eigenvalue weighted by Gasteiger charge is -2.44. The van der Waals surface area contributed by atoms with Crippen molar-refractivity contribution in [3.63, 3.8) is 0 Å². The molecule has 2 aliphatic rings. The maximum Gasteiger partial charge on any atom is 0.672 e. The Kier molecular flexibility index (Phi) is 8.38. The van der Waals surface area contributed by atoms with Crippen molar-refractivity contribution >= 4 is 14.8 Å². The Balaban J connectivity index is 1.35. The molecule has 8 rings (SSSR count). The first-order chi connectivity index (χ1) is 23.9. The molecule has 0 spiro atoms. The van der Waals surface area contributed by atoms with Crippen molar-refractivity contribution in [3.8, 4) is 22.3 Å². The summed E-state index contributed by atoms with van der Waals surface area (Å²) in [5.74, 6) is 1.20. The van der Waals surface area contributed by atoms with E-state index in [0.717, 1.165) is 44.5 Å². The highest BCUT2D eigenvalue weighted by atomic mass is 27.2. The molecule has 4 nitrogen and oxygen atoms in total. The monoisotopic (exact) mass is 658 g/mol. The van der Waals surface area contributed by atoms with Crippen LogP contribution < -0.4 is 0 Å². The summed E-state index contributed by atoms with van der Waals surface area (Å²) < 4.78 is 29.1. The SMILES string of the molecule is [CH3][Al]1[O]C(c2ccccc2)(c2ccc(-c3ccccc3)cc2)[C@@H]2OC(C)(C)O[C@H]2C(c2ccccc2)(c2ccc(-c3ccccc3)cc2)[O]1. The summed E-state index contributed by atoms with van der Waals surface area (Å²) in [4.78, 5) is 0. The van der Waals surface area contributed by atoms with Crippen LogP contribution in [0, 0.1) is 0 Å². The van der Waals surface area contributed by atoms with Crippen molar-refractivity contribution in [2.75, 3.05) is 0 Å². The van der Waals surface area contributed by atoms with E-state index in [1.807, 2.05) is 38.1 Å². The summed E-state index contributed by atoms with van der Waals surface area (Å²) in [6.45, 7) is 3.98. The molecule has 2 saturated heterocycles. The molecule has 0 aliphatic carbocycles. The van der Waals surface area contributed by atoms with Gasteiger partial charge in [0.1, 0.15) is 23.4 Å². The molecule has 242 valence electrons. The van der Waals surface area contributed by atoms with E-state index >= 15 is 0 Å². The highest BCUT2D eigenvalue weighted by molar-refractivity contribution is 6.43. The predicted molar refractivity (Wildman–Crippen MR) is 196 cm³/mol. The fourth-order valence-electron chi connectivity index (χ4n) is 7.75. The smallest absolute Gasteiger partial charge is 0.465 e. The second kappa shape index (κ2) is 12.9. The highest BCUT2D eigenvalue weighted by Gasteiger charge is 2.66. The highest BCUT2D eigenvalue weighted by Crippen LogP contribution is 2.56. The molecule has 0 bridgehead atoms.